The number of rotatable bonds is 5. The average molecular weight is 437 g/mol. The van der Waals surface area contributed by atoms with Crippen LogP contribution in [-0.4, -0.2) is 9.55 Å². The maximum atomic E-state index is 12.7. The van der Waals surface area contributed by atoms with E-state index in [1.54, 1.807) is 15.9 Å². The van der Waals surface area contributed by atoms with Crippen LogP contribution in [0.5, 0.6) is 0 Å². The molecule has 4 rings (SSSR count). The van der Waals surface area contributed by atoms with Gasteiger partial charge in [0.25, 0.3) is 0 Å². The molecular weight excluding hydrogens is 417 g/mol. The summed E-state index contributed by atoms with van der Waals surface area (Å²) in [5.74, 6) is 0.478. The summed E-state index contributed by atoms with van der Waals surface area (Å²) in [7, 11) is 0. The first kappa shape index (κ1) is 20.2. The molecule has 0 atom stereocenters. The summed E-state index contributed by atoms with van der Waals surface area (Å²) in [6, 6.07) is 9.15. The number of nitrogens with zero attached hydrogens (tertiary/aromatic N) is 2. The molecule has 0 N–H and O–H groups in total. The Morgan fingerprint density at radius 2 is 1.86 bits per heavy atom. The molecule has 1 aliphatic rings. The van der Waals surface area contributed by atoms with Gasteiger partial charge in [0.15, 0.2) is 0 Å². The third kappa shape index (κ3) is 4.59. The van der Waals surface area contributed by atoms with E-state index >= 15 is 0 Å². The lowest BCUT2D eigenvalue weighted by Crippen LogP contribution is -2.30. The van der Waals surface area contributed by atoms with Crippen molar-refractivity contribution in [2.75, 3.05) is 0 Å². The highest BCUT2D eigenvalue weighted by Crippen LogP contribution is 2.32. The predicted molar refractivity (Wildman–Crippen MR) is 110 cm³/mol. The molecule has 0 bridgehead atoms. The van der Waals surface area contributed by atoms with Gasteiger partial charge in [0, 0.05) is 21.9 Å². The van der Waals surface area contributed by atoms with Gasteiger partial charge in [-0.05, 0) is 54.8 Å². The number of thiophene rings is 1. The van der Waals surface area contributed by atoms with Crippen molar-refractivity contribution < 1.29 is 13.2 Å². The first-order chi connectivity index (χ1) is 13.9. The van der Waals surface area contributed by atoms with E-state index in [0.29, 0.717) is 17.3 Å². The Hall–Kier alpha value is -2.06. The summed E-state index contributed by atoms with van der Waals surface area (Å²) in [4.78, 5) is 18.2. The van der Waals surface area contributed by atoms with Gasteiger partial charge in [0.05, 0.1) is 12.1 Å². The molecule has 0 saturated heterocycles. The molecule has 0 aliphatic heterocycles. The molecule has 1 aromatic carbocycles. The maximum Gasteiger partial charge on any atom is 0.416 e. The smallest absolute Gasteiger partial charge is 0.291 e. The Morgan fingerprint density at radius 1 is 1.10 bits per heavy atom. The van der Waals surface area contributed by atoms with Gasteiger partial charge in [-0.1, -0.05) is 18.2 Å². The maximum absolute atomic E-state index is 12.7. The van der Waals surface area contributed by atoms with E-state index in [1.807, 2.05) is 17.5 Å². The molecule has 29 heavy (non-hydrogen) atoms. The quantitative estimate of drug-likeness (QED) is 0.389. The lowest BCUT2D eigenvalue weighted by atomic mass is 9.97. The highest BCUT2D eigenvalue weighted by atomic mass is 32.2. The first-order valence-corrected chi connectivity index (χ1v) is 11.2. The fraction of sp³-hybridized carbons (Fsp3) is 0.333. The van der Waals surface area contributed by atoms with Crippen molar-refractivity contribution in [1.29, 1.82) is 0 Å². The topological polar surface area (TPSA) is 34.9 Å². The minimum Gasteiger partial charge on any atom is -0.291 e. The molecule has 3 nitrogen and oxygen atoms in total. The molecule has 2 heterocycles. The summed E-state index contributed by atoms with van der Waals surface area (Å²) in [6.07, 6.45) is -0.502. The highest BCUT2D eigenvalue weighted by Gasteiger charge is 2.30. The SMILES string of the molecule is O=c1nc(SCc2ccc(C(F)(F)F)cc2)c2c(n1Cc1cccs1)CCCC2. The van der Waals surface area contributed by atoms with Crippen molar-refractivity contribution in [1.82, 2.24) is 9.55 Å². The number of alkyl halides is 3. The fourth-order valence-corrected chi connectivity index (χ4v) is 5.26. The first-order valence-electron chi connectivity index (χ1n) is 9.36. The zero-order valence-electron chi connectivity index (χ0n) is 15.5. The second-order valence-corrected chi connectivity index (χ2v) is 8.98. The lowest BCUT2D eigenvalue weighted by Gasteiger charge is -2.22. The predicted octanol–water partition coefficient (Wildman–Crippen LogP) is 5.54. The lowest BCUT2D eigenvalue weighted by molar-refractivity contribution is -0.137. The highest BCUT2D eigenvalue weighted by molar-refractivity contribution is 7.98. The van der Waals surface area contributed by atoms with Crippen molar-refractivity contribution in [3.63, 3.8) is 0 Å². The Morgan fingerprint density at radius 3 is 2.55 bits per heavy atom. The van der Waals surface area contributed by atoms with Gasteiger partial charge in [0.2, 0.25) is 0 Å². The third-order valence-electron chi connectivity index (χ3n) is 5.00. The van der Waals surface area contributed by atoms with Crippen molar-refractivity contribution in [3.8, 4) is 0 Å². The fourth-order valence-electron chi connectivity index (χ4n) is 3.53. The number of hydrogen-bond donors (Lipinski definition) is 0. The van der Waals surface area contributed by atoms with E-state index in [0.717, 1.165) is 59.5 Å². The number of aromatic nitrogens is 2. The standard InChI is InChI=1S/C21H19F3N2OS2/c22-21(23,24)15-9-7-14(8-10-15)13-29-19-17-5-1-2-6-18(17)26(20(27)25-19)12-16-4-3-11-28-16/h3-4,7-11H,1-2,5-6,12-13H2. The Labute approximate surface area is 174 Å². The molecule has 0 radical (unpaired) electrons. The van der Waals surface area contributed by atoms with Crippen LogP contribution < -0.4 is 5.69 Å². The van der Waals surface area contributed by atoms with Crippen LogP contribution in [0.4, 0.5) is 13.2 Å². The minimum absolute atomic E-state index is 0.256. The number of benzene rings is 1. The number of halogens is 3. The average Bonchev–Trinajstić information content (AvgIpc) is 3.22. The van der Waals surface area contributed by atoms with Crippen molar-refractivity contribution in [3.05, 3.63) is 79.5 Å². The van der Waals surface area contributed by atoms with Crippen LogP contribution in [0.1, 0.15) is 40.1 Å². The largest absolute Gasteiger partial charge is 0.416 e. The Kier molecular flexibility index (Phi) is 5.83. The van der Waals surface area contributed by atoms with Gasteiger partial charge in [-0.3, -0.25) is 4.57 Å². The summed E-state index contributed by atoms with van der Waals surface area (Å²) < 4.78 is 40.0. The second-order valence-electron chi connectivity index (χ2n) is 6.98. The van der Waals surface area contributed by atoms with E-state index in [2.05, 4.69) is 4.98 Å². The molecule has 3 aromatic rings. The minimum atomic E-state index is -4.33. The van der Waals surface area contributed by atoms with Gasteiger partial charge in [-0.15, -0.1) is 23.1 Å². The van der Waals surface area contributed by atoms with Crippen LogP contribution in [0, 0.1) is 0 Å². The second kappa shape index (κ2) is 8.36. The zero-order chi connectivity index (χ0) is 20.4. The Balaban J connectivity index is 1.58. The van der Waals surface area contributed by atoms with Gasteiger partial charge in [-0.2, -0.15) is 18.2 Å². The summed E-state index contributed by atoms with van der Waals surface area (Å²) in [5, 5.41) is 2.71. The van der Waals surface area contributed by atoms with Crippen LogP contribution in [-0.2, 0) is 31.3 Å². The number of hydrogen-bond acceptors (Lipinski definition) is 4. The van der Waals surface area contributed by atoms with Crippen molar-refractivity contribution >= 4 is 23.1 Å². The third-order valence-corrected chi connectivity index (χ3v) is 6.95. The van der Waals surface area contributed by atoms with E-state index in [-0.39, 0.29) is 5.69 Å². The number of fused-ring (bicyclic) bond motifs is 1. The molecule has 0 unspecified atom stereocenters. The molecule has 0 spiro atoms. The molecule has 0 fully saturated rings. The molecule has 152 valence electrons. The molecule has 0 amide bonds. The molecule has 0 saturated carbocycles. The molecule has 1 aliphatic carbocycles. The van der Waals surface area contributed by atoms with Crippen molar-refractivity contribution in [2.24, 2.45) is 0 Å². The van der Waals surface area contributed by atoms with E-state index < -0.39 is 11.7 Å². The van der Waals surface area contributed by atoms with Crippen LogP contribution in [0.3, 0.4) is 0 Å². The van der Waals surface area contributed by atoms with E-state index in [4.69, 9.17) is 0 Å². The zero-order valence-corrected chi connectivity index (χ0v) is 17.2. The van der Waals surface area contributed by atoms with Gasteiger partial charge in [0.1, 0.15) is 5.03 Å². The van der Waals surface area contributed by atoms with E-state index in [1.165, 1.54) is 23.9 Å². The summed E-state index contributed by atoms with van der Waals surface area (Å²) in [6.45, 7) is 0.537. The van der Waals surface area contributed by atoms with Crippen molar-refractivity contribution in [2.45, 2.75) is 49.2 Å². The van der Waals surface area contributed by atoms with Crippen LogP contribution in [0.15, 0.2) is 51.6 Å². The van der Waals surface area contributed by atoms with Crippen LogP contribution in [0.2, 0.25) is 0 Å². The van der Waals surface area contributed by atoms with Gasteiger partial charge >= 0.3 is 11.9 Å². The van der Waals surface area contributed by atoms with E-state index in [9.17, 15) is 18.0 Å². The summed E-state index contributed by atoms with van der Waals surface area (Å²) >= 11 is 3.05. The van der Waals surface area contributed by atoms with Crippen LogP contribution in [0.25, 0.3) is 0 Å². The van der Waals surface area contributed by atoms with Gasteiger partial charge < -0.3 is 0 Å². The summed E-state index contributed by atoms with van der Waals surface area (Å²) in [5.41, 5.74) is 2.04. The molecule has 2 aromatic heterocycles. The molecule has 8 heteroatoms. The number of thioether (sulfide) groups is 1. The normalized spacial score (nSPS) is 14.0. The Bertz CT molecular complexity index is 1040. The van der Waals surface area contributed by atoms with Crippen LogP contribution >= 0.6 is 23.1 Å². The van der Waals surface area contributed by atoms with Gasteiger partial charge in [-0.25, -0.2) is 4.79 Å². The molecular formula is C21H19F3N2OS2. The monoisotopic (exact) mass is 436 g/mol.